The van der Waals surface area contributed by atoms with Crippen molar-refractivity contribution in [1.29, 1.82) is 0 Å². The van der Waals surface area contributed by atoms with E-state index in [1.54, 1.807) is 0 Å². The van der Waals surface area contributed by atoms with Gasteiger partial charge in [0.05, 0.1) is 39.8 Å². The quantitative estimate of drug-likeness (QED) is 0.414. The highest BCUT2D eigenvalue weighted by atomic mass is 32.2. The van der Waals surface area contributed by atoms with Crippen molar-refractivity contribution in [1.82, 2.24) is 0 Å². The summed E-state index contributed by atoms with van der Waals surface area (Å²) in [6, 6.07) is 6.68. The molecule has 2 heterocycles. The van der Waals surface area contributed by atoms with Crippen molar-refractivity contribution in [2.24, 2.45) is 0 Å². The molecule has 12 heteroatoms. The van der Waals surface area contributed by atoms with Crippen LogP contribution in [0.15, 0.2) is 48.5 Å². The summed E-state index contributed by atoms with van der Waals surface area (Å²) < 4.78 is 63.9. The Morgan fingerprint density at radius 1 is 0.967 bits per heavy atom. The summed E-state index contributed by atoms with van der Waals surface area (Å²) in [5.74, 6) is -0.799. The highest BCUT2D eigenvalue weighted by Crippen LogP contribution is 2.40. The fourth-order valence-corrected chi connectivity index (χ4v) is 5.82. The third-order valence-corrected chi connectivity index (χ3v) is 6.84. The Kier molecular flexibility index (Phi) is 4.49. The van der Waals surface area contributed by atoms with Crippen molar-refractivity contribution < 1.29 is 31.3 Å². The summed E-state index contributed by atoms with van der Waals surface area (Å²) in [7, 11) is -3.57. The predicted molar refractivity (Wildman–Crippen MR) is 101 cm³/mol. The number of carbonyl (C=O) groups excluding carboxylic acids is 1. The summed E-state index contributed by atoms with van der Waals surface area (Å²) in [6.07, 6.45) is -4.64. The first-order valence-electron chi connectivity index (χ1n) is 8.72. The standard InChI is InChI=1S/C18H14F3N3O5S/c19-18(20,21)11-3-1-4-12(7-11)22-15-9-30(28,29)10-16(15)23(17(22)25)13-5-2-6-14(8-13)24(26)27/h1-8,15-16H,9-10H2/t15-,16-/m0/s1. The fourth-order valence-electron chi connectivity index (χ4n) is 3.90. The van der Waals surface area contributed by atoms with Crippen LogP contribution in [0.4, 0.5) is 35.0 Å². The molecular formula is C18H14F3N3O5S. The molecule has 2 aliphatic rings. The zero-order valence-corrected chi connectivity index (χ0v) is 15.9. The van der Waals surface area contributed by atoms with E-state index in [0.717, 1.165) is 34.1 Å². The van der Waals surface area contributed by atoms with Crippen LogP contribution >= 0.6 is 0 Å². The lowest BCUT2D eigenvalue weighted by Crippen LogP contribution is -2.38. The third-order valence-electron chi connectivity index (χ3n) is 5.14. The molecule has 4 rings (SSSR count). The average Bonchev–Trinajstić information content (AvgIpc) is 3.09. The molecule has 2 fully saturated rings. The number of hydrogen-bond acceptors (Lipinski definition) is 5. The molecule has 2 aromatic carbocycles. The van der Waals surface area contributed by atoms with Gasteiger partial charge in [-0.2, -0.15) is 13.2 Å². The van der Waals surface area contributed by atoms with Gasteiger partial charge in [-0.3, -0.25) is 19.9 Å². The summed E-state index contributed by atoms with van der Waals surface area (Å²) >= 11 is 0. The van der Waals surface area contributed by atoms with Crippen LogP contribution in [0.1, 0.15) is 5.56 Å². The second-order valence-electron chi connectivity index (χ2n) is 7.06. The number of alkyl halides is 3. The van der Waals surface area contributed by atoms with E-state index >= 15 is 0 Å². The first-order chi connectivity index (χ1) is 14.0. The van der Waals surface area contributed by atoms with Gasteiger partial charge in [0, 0.05) is 17.8 Å². The van der Waals surface area contributed by atoms with Crippen LogP contribution in [0.5, 0.6) is 0 Å². The molecule has 8 nitrogen and oxygen atoms in total. The lowest BCUT2D eigenvalue weighted by Gasteiger charge is -2.23. The topological polar surface area (TPSA) is 101 Å². The van der Waals surface area contributed by atoms with Gasteiger partial charge >= 0.3 is 12.2 Å². The molecule has 2 amide bonds. The van der Waals surface area contributed by atoms with E-state index in [1.807, 2.05) is 0 Å². The molecule has 2 atom stereocenters. The lowest BCUT2D eigenvalue weighted by atomic mass is 10.1. The molecule has 2 saturated heterocycles. The van der Waals surface area contributed by atoms with Crippen LogP contribution < -0.4 is 9.80 Å². The number of non-ortho nitro benzene ring substituents is 1. The SMILES string of the molecule is O=C1N(c2cccc([N+](=O)[O-])c2)[C@H]2CS(=O)(=O)C[C@@H]2N1c1cccc(C(F)(F)F)c1. The number of urea groups is 1. The van der Waals surface area contributed by atoms with Gasteiger partial charge in [0.2, 0.25) is 0 Å². The second-order valence-corrected chi connectivity index (χ2v) is 9.21. The average molecular weight is 441 g/mol. The predicted octanol–water partition coefficient (Wildman–Crippen LogP) is 3.23. The highest BCUT2D eigenvalue weighted by Gasteiger charge is 2.54. The maximum atomic E-state index is 13.2. The molecule has 0 spiro atoms. The molecule has 0 radical (unpaired) electrons. The molecular weight excluding hydrogens is 427 g/mol. The molecule has 2 aliphatic heterocycles. The Bertz CT molecular complexity index is 1150. The van der Waals surface area contributed by atoms with Crippen LogP contribution in [-0.4, -0.2) is 43.0 Å². The lowest BCUT2D eigenvalue weighted by molar-refractivity contribution is -0.384. The zero-order chi connectivity index (χ0) is 21.8. The molecule has 0 aromatic heterocycles. The first kappa shape index (κ1) is 20.1. The molecule has 0 aliphatic carbocycles. The van der Waals surface area contributed by atoms with Crippen molar-refractivity contribution in [3.05, 3.63) is 64.2 Å². The second kappa shape index (κ2) is 6.69. The maximum absolute atomic E-state index is 13.2. The molecule has 0 N–H and O–H groups in total. The van der Waals surface area contributed by atoms with Gasteiger partial charge in [0.1, 0.15) is 0 Å². The number of fused-ring (bicyclic) bond motifs is 1. The molecule has 0 bridgehead atoms. The third kappa shape index (κ3) is 3.36. The number of amides is 2. The summed E-state index contributed by atoms with van der Waals surface area (Å²) in [5.41, 5.74) is -1.25. The van der Waals surface area contributed by atoms with Crippen molar-refractivity contribution >= 4 is 32.9 Å². The van der Waals surface area contributed by atoms with Gasteiger partial charge in [-0.1, -0.05) is 12.1 Å². The van der Waals surface area contributed by atoms with E-state index in [2.05, 4.69) is 0 Å². The Labute approximate surface area is 168 Å². The van der Waals surface area contributed by atoms with Crippen LogP contribution in [-0.2, 0) is 16.0 Å². The van der Waals surface area contributed by atoms with E-state index < -0.39 is 50.4 Å². The fraction of sp³-hybridized carbons (Fsp3) is 0.278. The first-order valence-corrected chi connectivity index (χ1v) is 10.5. The van der Waals surface area contributed by atoms with Crippen molar-refractivity contribution in [2.75, 3.05) is 21.3 Å². The number of carbonyl (C=O) groups is 1. The normalized spacial score (nSPS) is 23.0. The number of rotatable bonds is 3. The van der Waals surface area contributed by atoms with E-state index in [-0.39, 0.29) is 22.8 Å². The van der Waals surface area contributed by atoms with Crippen molar-refractivity contribution in [2.45, 2.75) is 18.3 Å². The smallest absolute Gasteiger partial charge is 0.288 e. The van der Waals surface area contributed by atoms with Crippen LogP contribution in [0, 0.1) is 10.1 Å². The Morgan fingerprint density at radius 2 is 1.50 bits per heavy atom. The number of benzene rings is 2. The van der Waals surface area contributed by atoms with E-state index in [4.69, 9.17) is 0 Å². The summed E-state index contributed by atoms with van der Waals surface area (Å²) in [6.45, 7) is 0. The van der Waals surface area contributed by atoms with Gasteiger partial charge in [-0.05, 0) is 24.3 Å². The minimum Gasteiger partial charge on any atom is -0.288 e. The van der Waals surface area contributed by atoms with E-state index in [9.17, 15) is 36.5 Å². The van der Waals surface area contributed by atoms with Crippen LogP contribution in [0.2, 0.25) is 0 Å². The zero-order valence-electron chi connectivity index (χ0n) is 15.1. The number of sulfone groups is 1. The van der Waals surface area contributed by atoms with Gasteiger partial charge < -0.3 is 0 Å². The Morgan fingerprint density at radius 3 is 2.03 bits per heavy atom. The Balaban J connectivity index is 1.81. The monoisotopic (exact) mass is 441 g/mol. The molecule has 0 saturated carbocycles. The number of anilines is 2. The minimum absolute atomic E-state index is 0.0881. The van der Waals surface area contributed by atoms with E-state index in [0.29, 0.717) is 0 Å². The highest BCUT2D eigenvalue weighted by molar-refractivity contribution is 7.91. The molecule has 2 aromatic rings. The van der Waals surface area contributed by atoms with E-state index in [1.165, 1.54) is 24.3 Å². The number of nitrogens with zero attached hydrogens (tertiary/aromatic N) is 3. The Hall–Kier alpha value is -3.15. The van der Waals surface area contributed by atoms with Crippen molar-refractivity contribution in [3.8, 4) is 0 Å². The van der Waals surface area contributed by atoms with Crippen LogP contribution in [0.3, 0.4) is 0 Å². The largest absolute Gasteiger partial charge is 0.416 e. The summed E-state index contributed by atoms with van der Waals surface area (Å²) in [4.78, 5) is 25.8. The number of nitro groups is 1. The number of hydrogen-bond donors (Lipinski definition) is 0. The van der Waals surface area contributed by atoms with Crippen molar-refractivity contribution in [3.63, 3.8) is 0 Å². The van der Waals surface area contributed by atoms with Gasteiger partial charge in [-0.15, -0.1) is 0 Å². The van der Waals surface area contributed by atoms with Crippen LogP contribution in [0.25, 0.3) is 0 Å². The van der Waals surface area contributed by atoms with Gasteiger partial charge in [0.15, 0.2) is 9.84 Å². The minimum atomic E-state index is -4.64. The molecule has 158 valence electrons. The maximum Gasteiger partial charge on any atom is 0.416 e. The number of nitro benzene ring substituents is 1. The molecule has 30 heavy (non-hydrogen) atoms. The van der Waals surface area contributed by atoms with Gasteiger partial charge in [-0.25, -0.2) is 13.2 Å². The summed E-state index contributed by atoms with van der Waals surface area (Å²) in [5, 5.41) is 11.1. The molecule has 0 unspecified atom stereocenters. The number of halogens is 3. The van der Waals surface area contributed by atoms with Gasteiger partial charge in [0.25, 0.3) is 5.69 Å².